The molecule has 0 radical (unpaired) electrons. The van der Waals surface area contributed by atoms with Crippen molar-refractivity contribution in [1.29, 1.82) is 0 Å². The van der Waals surface area contributed by atoms with Gasteiger partial charge in [0.2, 0.25) is 0 Å². The Bertz CT molecular complexity index is 908. The maximum Gasteiger partial charge on any atom is 0.312 e. The summed E-state index contributed by atoms with van der Waals surface area (Å²) >= 11 is 0. The molecule has 0 aromatic carbocycles. The van der Waals surface area contributed by atoms with E-state index in [0.29, 0.717) is 11.8 Å². The third-order valence-electron chi connectivity index (χ3n) is 11.4. The molecule has 4 aliphatic rings. The number of ketones is 1. The summed E-state index contributed by atoms with van der Waals surface area (Å²) < 4.78 is 5.47. The summed E-state index contributed by atoms with van der Waals surface area (Å²) in [7, 11) is 1.58. The molecule has 0 saturated heterocycles. The van der Waals surface area contributed by atoms with Crippen LogP contribution in [0.2, 0.25) is 0 Å². The molecule has 0 heterocycles. The first-order valence-corrected chi connectivity index (χ1v) is 13.7. The van der Waals surface area contributed by atoms with E-state index in [-0.39, 0.29) is 44.7 Å². The number of allylic oxidation sites excluding steroid dienone is 4. The summed E-state index contributed by atoms with van der Waals surface area (Å²) in [6.07, 6.45) is 15.9. The number of hydrogen-bond acceptors (Lipinski definition) is 3. The van der Waals surface area contributed by atoms with Crippen LogP contribution in [-0.2, 0) is 14.3 Å². The molecule has 0 amide bonds. The Morgan fingerprint density at radius 3 is 2.32 bits per heavy atom. The molecule has 0 bridgehead atoms. The molecule has 4 aliphatic carbocycles. The zero-order valence-corrected chi connectivity index (χ0v) is 23.1. The number of fused-ring (bicyclic) bond motifs is 5. The molecule has 2 saturated carbocycles. The number of esters is 1. The van der Waals surface area contributed by atoms with Gasteiger partial charge in [-0.15, -0.1) is 0 Å². The second-order valence-corrected chi connectivity index (χ2v) is 14.1. The summed E-state index contributed by atoms with van der Waals surface area (Å²) in [5.74, 6) is 1.43. The van der Waals surface area contributed by atoms with E-state index in [1.54, 1.807) is 12.7 Å². The van der Waals surface area contributed by atoms with Crippen LogP contribution in [0.5, 0.6) is 0 Å². The Kier molecular flexibility index (Phi) is 6.31. The zero-order valence-electron chi connectivity index (χ0n) is 23.1. The average molecular weight is 469 g/mol. The molecular weight excluding hydrogens is 420 g/mol. The molecule has 3 nitrogen and oxygen atoms in total. The molecule has 0 spiro atoms. The summed E-state index contributed by atoms with van der Waals surface area (Å²) in [6, 6.07) is 0. The number of carbonyl (C=O) groups excluding carboxylic acids is 2. The maximum atomic E-state index is 13.3. The fourth-order valence-corrected chi connectivity index (χ4v) is 8.63. The van der Waals surface area contributed by atoms with Gasteiger partial charge < -0.3 is 4.74 Å². The Labute approximate surface area is 208 Å². The van der Waals surface area contributed by atoms with Gasteiger partial charge in [-0.05, 0) is 91.4 Å². The van der Waals surface area contributed by atoms with Gasteiger partial charge in [0.25, 0.3) is 0 Å². The number of rotatable bonds is 1. The van der Waals surface area contributed by atoms with Crippen LogP contribution in [0.4, 0.5) is 0 Å². The van der Waals surface area contributed by atoms with Crippen LogP contribution >= 0.6 is 0 Å². The lowest BCUT2D eigenvalue weighted by Crippen LogP contribution is -2.58. The van der Waals surface area contributed by atoms with Gasteiger partial charge in [0.05, 0.1) is 12.5 Å². The molecule has 0 N–H and O–H groups in total. The predicted molar refractivity (Wildman–Crippen MR) is 138 cm³/mol. The van der Waals surface area contributed by atoms with Crippen molar-refractivity contribution in [3.8, 4) is 0 Å². The largest absolute Gasteiger partial charge is 0.469 e. The van der Waals surface area contributed by atoms with E-state index >= 15 is 0 Å². The van der Waals surface area contributed by atoms with Crippen LogP contribution in [0.1, 0.15) is 106 Å². The van der Waals surface area contributed by atoms with E-state index < -0.39 is 0 Å². The van der Waals surface area contributed by atoms with Crippen molar-refractivity contribution in [2.24, 2.45) is 44.8 Å². The highest BCUT2D eigenvalue weighted by Crippen LogP contribution is 2.70. The van der Waals surface area contributed by atoms with E-state index in [1.165, 1.54) is 0 Å². The van der Waals surface area contributed by atoms with Gasteiger partial charge in [-0.1, -0.05) is 72.6 Å². The summed E-state index contributed by atoms with van der Waals surface area (Å²) in [4.78, 5) is 26.2. The molecule has 3 heteroatoms. The second-order valence-electron chi connectivity index (χ2n) is 14.1. The maximum absolute atomic E-state index is 13.3. The normalized spacial score (nSPS) is 44.5. The number of hydrogen-bond donors (Lipinski definition) is 0. The summed E-state index contributed by atoms with van der Waals surface area (Å²) in [5.41, 5.74) is 1.36. The van der Waals surface area contributed by atoms with Crippen LogP contribution in [0.25, 0.3) is 0 Å². The highest BCUT2D eigenvalue weighted by atomic mass is 16.5. The SMILES string of the molecule is COC(=O)[C@]12CCC(C)(C)C[C@H]1C1=CC[C@@H]3[C@@H](C)/C=C\C(=O)C(C)(C)CCC[C@@]3(C)[C@]1(C)CC2. The first-order valence-electron chi connectivity index (χ1n) is 13.7. The minimum Gasteiger partial charge on any atom is -0.469 e. The first-order chi connectivity index (χ1) is 15.7. The van der Waals surface area contributed by atoms with Gasteiger partial charge in [-0.2, -0.15) is 0 Å². The number of carbonyl (C=O) groups is 2. The summed E-state index contributed by atoms with van der Waals surface area (Å²) in [6.45, 7) is 16.4. The van der Waals surface area contributed by atoms with Gasteiger partial charge in [0.15, 0.2) is 5.78 Å². The van der Waals surface area contributed by atoms with E-state index in [4.69, 9.17) is 4.74 Å². The Hall–Kier alpha value is -1.38. The Morgan fingerprint density at radius 2 is 1.65 bits per heavy atom. The third-order valence-corrected chi connectivity index (χ3v) is 11.4. The molecule has 6 atom stereocenters. The zero-order chi connectivity index (χ0) is 25.2. The highest BCUT2D eigenvalue weighted by molar-refractivity contribution is 5.94. The van der Waals surface area contributed by atoms with Crippen LogP contribution < -0.4 is 0 Å². The van der Waals surface area contributed by atoms with E-state index in [2.05, 4.69) is 60.6 Å². The van der Waals surface area contributed by atoms with Crippen molar-refractivity contribution in [3.05, 3.63) is 23.8 Å². The molecular formula is C31H48O3. The van der Waals surface area contributed by atoms with Crippen molar-refractivity contribution < 1.29 is 14.3 Å². The number of ether oxygens (including phenoxy) is 1. The van der Waals surface area contributed by atoms with Crippen LogP contribution in [0, 0.1) is 44.8 Å². The minimum atomic E-state index is -0.352. The van der Waals surface area contributed by atoms with Crippen molar-refractivity contribution in [3.63, 3.8) is 0 Å². The van der Waals surface area contributed by atoms with E-state index in [9.17, 15) is 9.59 Å². The first kappa shape index (κ1) is 25.7. The van der Waals surface area contributed by atoms with Crippen LogP contribution in [0.15, 0.2) is 23.8 Å². The van der Waals surface area contributed by atoms with Gasteiger partial charge in [-0.25, -0.2) is 0 Å². The predicted octanol–water partition coefficient (Wildman–Crippen LogP) is 7.70. The van der Waals surface area contributed by atoms with Crippen LogP contribution in [-0.4, -0.2) is 18.9 Å². The van der Waals surface area contributed by atoms with Crippen LogP contribution in [0.3, 0.4) is 0 Å². The molecule has 0 aromatic heterocycles. The van der Waals surface area contributed by atoms with Crippen molar-refractivity contribution in [1.82, 2.24) is 0 Å². The molecule has 4 rings (SSSR count). The Morgan fingerprint density at radius 1 is 0.971 bits per heavy atom. The van der Waals surface area contributed by atoms with Crippen molar-refractivity contribution in [2.45, 2.75) is 106 Å². The fourth-order valence-electron chi connectivity index (χ4n) is 8.63. The average Bonchev–Trinajstić information content (AvgIpc) is 2.76. The van der Waals surface area contributed by atoms with Gasteiger partial charge in [-0.3, -0.25) is 9.59 Å². The van der Waals surface area contributed by atoms with Gasteiger partial charge in [0.1, 0.15) is 0 Å². The third kappa shape index (κ3) is 3.75. The molecule has 0 unspecified atom stereocenters. The van der Waals surface area contributed by atoms with Crippen molar-refractivity contribution >= 4 is 11.8 Å². The van der Waals surface area contributed by atoms with Crippen molar-refractivity contribution in [2.75, 3.05) is 7.11 Å². The molecule has 0 aliphatic heterocycles. The van der Waals surface area contributed by atoms with E-state index in [1.807, 2.05) is 6.08 Å². The lowest BCUT2D eigenvalue weighted by atomic mass is 9.39. The Balaban J connectivity index is 1.80. The fraction of sp³-hybridized carbons (Fsp3) is 0.806. The van der Waals surface area contributed by atoms with Gasteiger partial charge >= 0.3 is 5.97 Å². The monoisotopic (exact) mass is 468 g/mol. The molecule has 190 valence electrons. The lowest BCUT2D eigenvalue weighted by Gasteiger charge is -2.64. The van der Waals surface area contributed by atoms with Gasteiger partial charge in [0, 0.05) is 5.41 Å². The number of methoxy groups -OCH3 is 1. The topological polar surface area (TPSA) is 43.4 Å². The second kappa shape index (κ2) is 8.34. The molecule has 0 aromatic rings. The van der Waals surface area contributed by atoms with E-state index in [0.717, 1.165) is 57.8 Å². The standard InChI is InChI=1S/C31H48O3/c1-21-10-13-25(32)28(4,5)14-9-15-29(6)22(21)11-12-23-24-20-27(2,3)16-18-31(24,26(33)34-8)19-17-30(23,29)7/h10,12-13,21-22,24H,9,11,14-20H2,1-8H3/b13-10-/t21-,22+,24-,29+,30+,31-/m0/s1. The highest BCUT2D eigenvalue weighted by Gasteiger charge is 2.64. The lowest BCUT2D eigenvalue weighted by molar-refractivity contribution is -0.168. The summed E-state index contributed by atoms with van der Waals surface area (Å²) in [5, 5.41) is 0. The smallest absolute Gasteiger partial charge is 0.312 e. The quantitative estimate of drug-likeness (QED) is 0.292. The molecule has 2 fully saturated rings. The minimum absolute atomic E-state index is 0.0192. The molecule has 34 heavy (non-hydrogen) atoms.